The van der Waals surface area contributed by atoms with E-state index in [0.717, 1.165) is 41.0 Å². The lowest BCUT2D eigenvalue weighted by Gasteiger charge is -2.34. The van der Waals surface area contributed by atoms with Gasteiger partial charge in [0.25, 0.3) is 0 Å². The van der Waals surface area contributed by atoms with Crippen LogP contribution in [-0.2, 0) is 16.1 Å². The van der Waals surface area contributed by atoms with E-state index in [0.29, 0.717) is 13.0 Å². The van der Waals surface area contributed by atoms with Crippen LogP contribution in [0.25, 0.3) is 11.0 Å². The average molecular weight is 475 g/mol. The van der Waals surface area contributed by atoms with E-state index in [1.165, 1.54) is 5.56 Å². The summed E-state index contributed by atoms with van der Waals surface area (Å²) < 4.78 is 2.05. The van der Waals surface area contributed by atoms with Crippen LogP contribution < -0.4 is 4.90 Å². The van der Waals surface area contributed by atoms with Gasteiger partial charge in [0.15, 0.2) is 0 Å². The molecule has 6 heteroatoms. The second kappa shape index (κ2) is 10.2. The van der Waals surface area contributed by atoms with Crippen LogP contribution in [0.3, 0.4) is 0 Å². The van der Waals surface area contributed by atoms with Crippen LogP contribution in [0, 0.1) is 13.8 Å². The molecule has 3 atom stereocenters. The zero-order valence-corrected chi connectivity index (χ0v) is 21.9. The first-order valence-electron chi connectivity index (χ1n) is 12.9. The highest BCUT2D eigenvalue weighted by Crippen LogP contribution is 2.35. The molecular weight excluding hydrogens is 436 g/mol. The first kappa shape index (κ1) is 25.0. The Morgan fingerprint density at radius 2 is 1.77 bits per heavy atom. The maximum absolute atomic E-state index is 13.6. The van der Waals surface area contributed by atoms with E-state index in [1.807, 2.05) is 40.1 Å². The molecule has 186 valence electrons. The molecule has 0 saturated carbocycles. The van der Waals surface area contributed by atoms with Gasteiger partial charge in [-0.2, -0.15) is 0 Å². The van der Waals surface area contributed by atoms with Gasteiger partial charge in [-0.3, -0.25) is 9.59 Å². The fraction of sp³-hybridized carbons (Fsp3) is 0.483. The molecule has 2 aromatic carbocycles. The lowest BCUT2D eigenvalue weighted by Crippen LogP contribution is -2.46. The van der Waals surface area contributed by atoms with Gasteiger partial charge in [-0.15, -0.1) is 0 Å². The SMILES string of the molecule is CCC(C)N(C(=O)Cn1c(C2CC(=O)N(c3ccc(C)cc3C)C2)nc2ccccc21)C(C)CC. The molecule has 4 rings (SSSR count). The van der Waals surface area contributed by atoms with Crippen molar-refractivity contribution in [2.45, 2.75) is 85.4 Å². The molecule has 3 aromatic rings. The average Bonchev–Trinajstić information content (AvgIpc) is 3.39. The van der Waals surface area contributed by atoms with Gasteiger partial charge in [-0.05, 0) is 64.3 Å². The van der Waals surface area contributed by atoms with Crippen LogP contribution in [0.15, 0.2) is 42.5 Å². The van der Waals surface area contributed by atoms with Crippen molar-refractivity contribution in [2.24, 2.45) is 0 Å². The summed E-state index contributed by atoms with van der Waals surface area (Å²) in [7, 11) is 0. The molecule has 0 bridgehead atoms. The van der Waals surface area contributed by atoms with Crippen LogP contribution in [-0.4, -0.2) is 44.9 Å². The maximum atomic E-state index is 13.6. The maximum Gasteiger partial charge on any atom is 0.243 e. The normalized spacial score (nSPS) is 17.7. The summed E-state index contributed by atoms with van der Waals surface area (Å²) in [5, 5.41) is 0. The Labute approximate surface area is 208 Å². The zero-order chi connectivity index (χ0) is 25.3. The van der Waals surface area contributed by atoms with Crippen molar-refractivity contribution < 1.29 is 9.59 Å². The molecule has 0 spiro atoms. The minimum atomic E-state index is -0.0657. The van der Waals surface area contributed by atoms with Crippen molar-refractivity contribution in [1.82, 2.24) is 14.5 Å². The number of carbonyl (C=O) groups is 2. The number of fused-ring (bicyclic) bond motifs is 1. The van der Waals surface area contributed by atoms with E-state index < -0.39 is 0 Å². The number of aromatic nitrogens is 2. The van der Waals surface area contributed by atoms with E-state index in [1.54, 1.807) is 0 Å². The Hall–Kier alpha value is -3.15. The van der Waals surface area contributed by atoms with Crippen molar-refractivity contribution in [3.8, 4) is 0 Å². The van der Waals surface area contributed by atoms with E-state index in [4.69, 9.17) is 4.98 Å². The van der Waals surface area contributed by atoms with Crippen LogP contribution in [0.1, 0.15) is 69.8 Å². The lowest BCUT2D eigenvalue weighted by atomic mass is 10.1. The number of carbonyl (C=O) groups excluding carboxylic acids is 2. The highest BCUT2D eigenvalue weighted by Gasteiger charge is 2.36. The summed E-state index contributed by atoms with van der Waals surface area (Å²) in [6.07, 6.45) is 2.22. The Balaban J connectivity index is 1.69. The number of imidazole rings is 1. The van der Waals surface area contributed by atoms with E-state index >= 15 is 0 Å². The molecule has 0 radical (unpaired) electrons. The number of hydrogen-bond donors (Lipinski definition) is 0. The molecule has 0 aliphatic carbocycles. The van der Waals surface area contributed by atoms with Gasteiger partial charge < -0.3 is 14.4 Å². The van der Waals surface area contributed by atoms with E-state index in [2.05, 4.69) is 58.2 Å². The summed E-state index contributed by atoms with van der Waals surface area (Å²) in [6.45, 7) is 13.4. The molecule has 1 fully saturated rings. The lowest BCUT2D eigenvalue weighted by molar-refractivity contribution is -0.136. The van der Waals surface area contributed by atoms with E-state index in [9.17, 15) is 9.59 Å². The second-order valence-corrected chi connectivity index (χ2v) is 10.1. The number of para-hydroxylation sites is 2. The highest BCUT2D eigenvalue weighted by molar-refractivity contribution is 5.97. The quantitative estimate of drug-likeness (QED) is 0.427. The smallest absolute Gasteiger partial charge is 0.243 e. The fourth-order valence-corrected chi connectivity index (χ4v) is 5.33. The zero-order valence-electron chi connectivity index (χ0n) is 21.9. The van der Waals surface area contributed by atoms with E-state index in [-0.39, 0.29) is 36.4 Å². The van der Waals surface area contributed by atoms with Gasteiger partial charge in [0.1, 0.15) is 12.4 Å². The molecule has 2 heterocycles. The van der Waals surface area contributed by atoms with Gasteiger partial charge in [0.2, 0.25) is 11.8 Å². The third-order valence-corrected chi connectivity index (χ3v) is 7.53. The molecule has 3 unspecified atom stereocenters. The number of benzene rings is 2. The fourth-order valence-electron chi connectivity index (χ4n) is 5.33. The van der Waals surface area contributed by atoms with Gasteiger partial charge in [-0.25, -0.2) is 4.98 Å². The number of nitrogens with zero attached hydrogens (tertiary/aromatic N) is 4. The third-order valence-electron chi connectivity index (χ3n) is 7.53. The van der Waals surface area contributed by atoms with Crippen LogP contribution in [0.2, 0.25) is 0 Å². The van der Waals surface area contributed by atoms with Crippen molar-refractivity contribution >= 4 is 28.5 Å². The molecule has 1 aromatic heterocycles. The Morgan fingerprint density at radius 1 is 1.09 bits per heavy atom. The van der Waals surface area contributed by atoms with Crippen LogP contribution >= 0.6 is 0 Å². The summed E-state index contributed by atoms with van der Waals surface area (Å²) in [5.74, 6) is 0.971. The monoisotopic (exact) mass is 474 g/mol. The second-order valence-electron chi connectivity index (χ2n) is 10.1. The van der Waals surface area contributed by atoms with Gasteiger partial charge >= 0.3 is 0 Å². The van der Waals surface area contributed by atoms with Crippen molar-refractivity contribution in [3.05, 3.63) is 59.4 Å². The predicted molar refractivity (Wildman–Crippen MR) is 142 cm³/mol. The molecule has 1 saturated heterocycles. The van der Waals surface area contributed by atoms with Crippen molar-refractivity contribution in [1.29, 1.82) is 0 Å². The molecule has 6 nitrogen and oxygen atoms in total. The number of amides is 2. The Kier molecular flexibility index (Phi) is 7.29. The van der Waals surface area contributed by atoms with Gasteiger partial charge in [0, 0.05) is 36.7 Å². The first-order valence-corrected chi connectivity index (χ1v) is 12.9. The molecule has 0 N–H and O–H groups in total. The summed E-state index contributed by atoms with van der Waals surface area (Å²) in [5.41, 5.74) is 5.05. The minimum Gasteiger partial charge on any atom is -0.336 e. The number of anilines is 1. The van der Waals surface area contributed by atoms with Crippen molar-refractivity contribution in [3.63, 3.8) is 0 Å². The highest BCUT2D eigenvalue weighted by atomic mass is 16.2. The number of aryl methyl sites for hydroxylation is 2. The first-order chi connectivity index (χ1) is 16.7. The molecule has 2 amide bonds. The largest absolute Gasteiger partial charge is 0.336 e. The number of rotatable bonds is 8. The molecule has 1 aliphatic rings. The van der Waals surface area contributed by atoms with Crippen LogP contribution in [0.4, 0.5) is 5.69 Å². The van der Waals surface area contributed by atoms with Gasteiger partial charge in [0.05, 0.1) is 11.0 Å². The minimum absolute atomic E-state index is 0.0657. The summed E-state index contributed by atoms with van der Waals surface area (Å²) in [6, 6.07) is 14.5. The van der Waals surface area contributed by atoms with Gasteiger partial charge in [-0.1, -0.05) is 43.7 Å². The Morgan fingerprint density at radius 3 is 2.43 bits per heavy atom. The molecular formula is C29H38N4O2. The third kappa shape index (κ3) is 4.84. The number of hydrogen-bond acceptors (Lipinski definition) is 3. The van der Waals surface area contributed by atoms with Crippen molar-refractivity contribution in [2.75, 3.05) is 11.4 Å². The topological polar surface area (TPSA) is 58.4 Å². The molecule has 35 heavy (non-hydrogen) atoms. The van der Waals surface area contributed by atoms with Crippen LogP contribution in [0.5, 0.6) is 0 Å². The Bertz CT molecular complexity index is 1220. The standard InChI is InChI=1S/C29H38N4O2/c1-7-21(5)33(22(6)8-2)28(35)18-32-26-12-10-9-11-24(26)30-29(32)23-16-27(34)31(17-23)25-14-13-19(3)15-20(25)4/h9-15,21-23H,7-8,16-18H2,1-6H3. The summed E-state index contributed by atoms with van der Waals surface area (Å²) >= 11 is 0. The molecule has 1 aliphatic heterocycles. The predicted octanol–water partition coefficient (Wildman–Crippen LogP) is 5.60. The summed E-state index contributed by atoms with van der Waals surface area (Å²) in [4.78, 5) is 35.6.